The molecular weight excluding hydrogens is 230 g/mol. The van der Waals surface area contributed by atoms with E-state index in [9.17, 15) is 4.79 Å². The fraction of sp³-hybridized carbons (Fsp3) is 0.500. The molecule has 1 atom stereocenters. The molecule has 0 aliphatic rings. The van der Waals surface area contributed by atoms with E-state index >= 15 is 0 Å². The number of para-hydroxylation sites is 1. The number of carbonyl (C=O) groups is 1. The van der Waals surface area contributed by atoms with Crippen LogP contribution in [0.1, 0.15) is 44.0 Å². The van der Waals surface area contributed by atoms with E-state index in [1.807, 2.05) is 6.92 Å². The van der Waals surface area contributed by atoms with Crippen molar-refractivity contribution in [3.63, 3.8) is 0 Å². The Hall–Kier alpha value is -1.71. The van der Waals surface area contributed by atoms with Crippen molar-refractivity contribution in [2.24, 2.45) is 0 Å². The van der Waals surface area contributed by atoms with Crippen molar-refractivity contribution in [3.05, 3.63) is 23.8 Å². The first-order chi connectivity index (χ1) is 8.60. The number of anilines is 1. The second-order valence-electron chi connectivity index (χ2n) is 4.16. The maximum Gasteiger partial charge on any atom is 0.341 e. The second kappa shape index (κ2) is 6.89. The van der Waals surface area contributed by atoms with Crippen LogP contribution in [-0.4, -0.2) is 18.7 Å². The summed E-state index contributed by atoms with van der Waals surface area (Å²) in [5.41, 5.74) is 6.72. The van der Waals surface area contributed by atoms with E-state index < -0.39 is 5.97 Å². The van der Waals surface area contributed by atoms with Crippen LogP contribution >= 0.6 is 0 Å². The van der Waals surface area contributed by atoms with Crippen molar-refractivity contribution in [2.45, 2.75) is 39.7 Å². The molecule has 0 fully saturated rings. The van der Waals surface area contributed by atoms with Crippen LogP contribution in [0, 0.1) is 0 Å². The monoisotopic (exact) mass is 251 g/mol. The Bertz CT molecular complexity index is 404. The van der Waals surface area contributed by atoms with Gasteiger partial charge in [-0.15, -0.1) is 0 Å². The van der Waals surface area contributed by atoms with Gasteiger partial charge in [-0.3, -0.25) is 0 Å². The number of esters is 1. The zero-order chi connectivity index (χ0) is 13.5. The Morgan fingerprint density at radius 1 is 1.39 bits per heavy atom. The van der Waals surface area contributed by atoms with E-state index in [-0.39, 0.29) is 6.10 Å². The van der Waals surface area contributed by atoms with Gasteiger partial charge in [0.2, 0.25) is 0 Å². The lowest BCUT2D eigenvalue weighted by Crippen LogP contribution is -2.16. The molecule has 0 bridgehead atoms. The average molecular weight is 251 g/mol. The highest BCUT2D eigenvalue weighted by molar-refractivity contribution is 5.94. The molecule has 0 saturated carbocycles. The molecule has 1 unspecified atom stereocenters. The predicted molar refractivity (Wildman–Crippen MR) is 71.8 cm³/mol. The zero-order valence-electron chi connectivity index (χ0n) is 11.2. The zero-order valence-corrected chi connectivity index (χ0v) is 11.2. The summed E-state index contributed by atoms with van der Waals surface area (Å²) in [6.07, 6.45) is 1.95. The van der Waals surface area contributed by atoms with Crippen LogP contribution in [-0.2, 0) is 4.74 Å². The summed E-state index contributed by atoms with van der Waals surface area (Å²) in [7, 11) is 0. The fourth-order valence-electron chi connectivity index (χ4n) is 1.72. The number of hydrogen-bond acceptors (Lipinski definition) is 4. The van der Waals surface area contributed by atoms with Crippen molar-refractivity contribution >= 4 is 11.7 Å². The fourth-order valence-corrected chi connectivity index (χ4v) is 1.72. The number of nitrogens with two attached hydrogens (primary N) is 1. The third kappa shape index (κ3) is 3.65. The minimum Gasteiger partial charge on any atom is -0.488 e. The van der Waals surface area contributed by atoms with E-state index in [1.165, 1.54) is 0 Å². The number of benzene rings is 1. The van der Waals surface area contributed by atoms with Gasteiger partial charge in [0.25, 0.3) is 0 Å². The van der Waals surface area contributed by atoms with Crippen LogP contribution in [0.25, 0.3) is 0 Å². The van der Waals surface area contributed by atoms with Crippen LogP contribution < -0.4 is 10.5 Å². The van der Waals surface area contributed by atoms with E-state index in [0.717, 1.165) is 12.8 Å². The van der Waals surface area contributed by atoms with E-state index in [4.69, 9.17) is 15.2 Å². The lowest BCUT2D eigenvalue weighted by Gasteiger charge is -2.18. The SMILES string of the molecule is CCCC(C)Oc1c(N)cccc1C(=O)OCC. The first-order valence-corrected chi connectivity index (χ1v) is 6.32. The third-order valence-electron chi connectivity index (χ3n) is 2.56. The molecule has 4 nitrogen and oxygen atoms in total. The average Bonchev–Trinajstić information content (AvgIpc) is 2.32. The summed E-state index contributed by atoms with van der Waals surface area (Å²) in [6.45, 7) is 6.15. The van der Waals surface area contributed by atoms with Gasteiger partial charge in [-0.25, -0.2) is 4.79 Å². The second-order valence-corrected chi connectivity index (χ2v) is 4.16. The van der Waals surface area contributed by atoms with Crippen LogP contribution in [0.15, 0.2) is 18.2 Å². The molecule has 0 amide bonds. The molecule has 100 valence electrons. The van der Waals surface area contributed by atoms with Gasteiger partial charge < -0.3 is 15.2 Å². The minimum absolute atomic E-state index is 0.0212. The Morgan fingerprint density at radius 2 is 2.11 bits per heavy atom. The maximum absolute atomic E-state index is 11.8. The highest BCUT2D eigenvalue weighted by Crippen LogP contribution is 2.28. The quantitative estimate of drug-likeness (QED) is 0.623. The van der Waals surface area contributed by atoms with Crippen molar-refractivity contribution < 1.29 is 14.3 Å². The Kier molecular flexibility index (Phi) is 5.49. The molecule has 1 aromatic rings. The lowest BCUT2D eigenvalue weighted by molar-refractivity contribution is 0.0519. The van der Waals surface area contributed by atoms with Gasteiger partial charge in [0, 0.05) is 0 Å². The predicted octanol–water partition coefficient (Wildman–Crippen LogP) is 3.01. The van der Waals surface area contributed by atoms with Crippen molar-refractivity contribution in [1.82, 2.24) is 0 Å². The summed E-state index contributed by atoms with van der Waals surface area (Å²) >= 11 is 0. The Labute approximate surface area is 108 Å². The Balaban J connectivity index is 2.97. The molecule has 0 aliphatic heterocycles. The van der Waals surface area contributed by atoms with Crippen molar-refractivity contribution in [2.75, 3.05) is 12.3 Å². The molecule has 0 aliphatic carbocycles. The van der Waals surface area contributed by atoms with E-state index in [2.05, 4.69) is 6.92 Å². The molecule has 0 saturated heterocycles. The summed E-state index contributed by atoms with van der Waals surface area (Å²) < 4.78 is 10.7. The lowest BCUT2D eigenvalue weighted by atomic mass is 10.1. The molecule has 4 heteroatoms. The topological polar surface area (TPSA) is 61.5 Å². The van der Waals surface area contributed by atoms with E-state index in [0.29, 0.717) is 23.6 Å². The number of nitrogen functional groups attached to an aromatic ring is 1. The molecule has 1 rings (SSSR count). The van der Waals surface area contributed by atoms with Crippen LogP contribution in [0.2, 0.25) is 0 Å². The number of carbonyl (C=O) groups excluding carboxylic acids is 1. The number of ether oxygens (including phenoxy) is 2. The first-order valence-electron chi connectivity index (χ1n) is 6.32. The largest absolute Gasteiger partial charge is 0.488 e. The van der Waals surface area contributed by atoms with Crippen LogP contribution in [0.5, 0.6) is 5.75 Å². The molecule has 2 N–H and O–H groups in total. The number of hydrogen-bond donors (Lipinski definition) is 1. The first kappa shape index (κ1) is 14.4. The van der Waals surface area contributed by atoms with Gasteiger partial charge in [0.05, 0.1) is 18.4 Å². The van der Waals surface area contributed by atoms with Gasteiger partial charge >= 0.3 is 5.97 Å². The maximum atomic E-state index is 11.8. The smallest absolute Gasteiger partial charge is 0.341 e. The highest BCUT2D eigenvalue weighted by Gasteiger charge is 2.17. The summed E-state index contributed by atoms with van der Waals surface area (Å²) in [5, 5.41) is 0. The number of rotatable bonds is 6. The van der Waals surface area contributed by atoms with E-state index in [1.54, 1.807) is 25.1 Å². The third-order valence-corrected chi connectivity index (χ3v) is 2.56. The highest BCUT2D eigenvalue weighted by atomic mass is 16.5. The van der Waals surface area contributed by atoms with Crippen molar-refractivity contribution in [1.29, 1.82) is 0 Å². The van der Waals surface area contributed by atoms with Gasteiger partial charge in [0.1, 0.15) is 5.56 Å². The van der Waals surface area contributed by atoms with Crippen LogP contribution in [0.3, 0.4) is 0 Å². The summed E-state index contributed by atoms with van der Waals surface area (Å²) in [4.78, 5) is 11.8. The molecule has 0 radical (unpaired) electrons. The van der Waals surface area contributed by atoms with Gasteiger partial charge in [-0.1, -0.05) is 19.4 Å². The standard InChI is InChI=1S/C14H21NO3/c1-4-7-10(3)18-13-11(14(16)17-5-2)8-6-9-12(13)15/h6,8-10H,4-5,7,15H2,1-3H3. The molecule has 18 heavy (non-hydrogen) atoms. The van der Waals surface area contributed by atoms with Crippen LogP contribution in [0.4, 0.5) is 5.69 Å². The molecular formula is C14H21NO3. The normalized spacial score (nSPS) is 11.9. The van der Waals surface area contributed by atoms with Gasteiger partial charge in [-0.05, 0) is 32.4 Å². The molecule has 0 heterocycles. The molecule has 0 spiro atoms. The van der Waals surface area contributed by atoms with Gasteiger partial charge in [-0.2, -0.15) is 0 Å². The van der Waals surface area contributed by atoms with Gasteiger partial charge in [0.15, 0.2) is 5.75 Å². The minimum atomic E-state index is -0.400. The summed E-state index contributed by atoms with van der Waals surface area (Å²) in [5.74, 6) is 0.0281. The molecule has 0 aromatic heterocycles. The summed E-state index contributed by atoms with van der Waals surface area (Å²) in [6, 6.07) is 5.11. The molecule has 1 aromatic carbocycles. The Morgan fingerprint density at radius 3 is 2.72 bits per heavy atom. The van der Waals surface area contributed by atoms with Crippen molar-refractivity contribution in [3.8, 4) is 5.75 Å².